The van der Waals surface area contributed by atoms with Gasteiger partial charge < -0.3 is 19.8 Å². The summed E-state index contributed by atoms with van der Waals surface area (Å²) in [5.74, 6) is 2.03. The Hall–Kier alpha value is -1.68. The number of hydrogen-bond donors (Lipinski definition) is 1. The molecule has 0 amide bonds. The largest absolute Gasteiger partial charge is 0.454 e. The normalized spacial score (nSPS) is 12.9. The topological polar surface area (TPSA) is 75.2 Å². The van der Waals surface area contributed by atoms with Crippen molar-refractivity contribution in [2.24, 2.45) is 0 Å². The summed E-state index contributed by atoms with van der Waals surface area (Å²) in [5.41, 5.74) is 7.77. The van der Waals surface area contributed by atoms with Gasteiger partial charge in [-0.1, -0.05) is 18.7 Å². The molecular formula is C16H15IN4O2S. The molecule has 2 aromatic heterocycles. The number of rotatable bonds is 4. The molecule has 1 aromatic carbocycles. The lowest BCUT2D eigenvalue weighted by atomic mass is 10.3. The highest BCUT2D eigenvalue weighted by Crippen LogP contribution is 2.41. The molecule has 0 spiro atoms. The van der Waals surface area contributed by atoms with Gasteiger partial charge in [-0.05, 0) is 47.2 Å². The van der Waals surface area contributed by atoms with Crippen LogP contribution in [0.3, 0.4) is 0 Å². The second-order valence-electron chi connectivity index (χ2n) is 5.35. The average molecular weight is 454 g/mol. The fraction of sp³-hybridized carbons (Fsp3) is 0.250. The number of pyridine rings is 1. The van der Waals surface area contributed by atoms with Crippen molar-refractivity contribution in [3.05, 3.63) is 28.0 Å². The van der Waals surface area contributed by atoms with Crippen LogP contribution in [0.1, 0.15) is 13.3 Å². The second-order valence-corrected chi connectivity index (χ2v) is 7.52. The summed E-state index contributed by atoms with van der Waals surface area (Å²) < 4.78 is 14.2. The van der Waals surface area contributed by atoms with Crippen LogP contribution in [-0.2, 0) is 6.54 Å². The molecule has 0 unspecified atom stereocenters. The van der Waals surface area contributed by atoms with Crippen molar-refractivity contribution in [1.82, 2.24) is 14.5 Å². The molecule has 0 radical (unpaired) electrons. The van der Waals surface area contributed by atoms with Crippen LogP contribution >= 0.6 is 34.4 Å². The summed E-state index contributed by atoms with van der Waals surface area (Å²) in [6, 6.07) is 5.96. The molecule has 0 saturated carbocycles. The molecule has 3 aromatic rings. The SMILES string of the molecule is CCCn1c(Sc2cc3c(cc2I)OCO3)nc2c(N)nccc21. The first-order chi connectivity index (χ1) is 11.7. The number of ether oxygens (including phenoxy) is 2. The Kier molecular flexibility index (Phi) is 4.17. The molecule has 0 saturated heterocycles. The lowest BCUT2D eigenvalue weighted by Gasteiger charge is -2.09. The number of aromatic nitrogens is 3. The molecule has 1 aliphatic rings. The van der Waals surface area contributed by atoms with Gasteiger partial charge in [0.25, 0.3) is 0 Å². The highest BCUT2D eigenvalue weighted by molar-refractivity contribution is 14.1. The molecular weight excluding hydrogens is 439 g/mol. The number of hydrogen-bond acceptors (Lipinski definition) is 6. The number of nitrogens with two attached hydrogens (primary N) is 1. The van der Waals surface area contributed by atoms with Gasteiger partial charge in [0.1, 0.15) is 5.52 Å². The Balaban J connectivity index is 1.80. The molecule has 0 aliphatic carbocycles. The van der Waals surface area contributed by atoms with Gasteiger partial charge >= 0.3 is 0 Å². The molecule has 0 atom stereocenters. The van der Waals surface area contributed by atoms with Gasteiger partial charge in [-0.3, -0.25) is 0 Å². The van der Waals surface area contributed by atoms with Crippen LogP contribution in [0.2, 0.25) is 0 Å². The van der Waals surface area contributed by atoms with Crippen LogP contribution < -0.4 is 15.2 Å². The number of imidazole rings is 1. The molecule has 2 N–H and O–H groups in total. The van der Waals surface area contributed by atoms with Crippen molar-refractivity contribution in [2.45, 2.75) is 29.9 Å². The molecule has 24 heavy (non-hydrogen) atoms. The second kappa shape index (κ2) is 6.32. The Morgan fingerprint density at radius 1 is 1.33 bits per heavy atom. The van der Waals surface area contributed by atoms with Crippen molar-refractivity contribution >= 4 is 51.2 Å². The van der Waals surface area contributed by atoms with E-state index in [-0.39, 0.29) is 6.79 Å². The van der Waals surface area contributed by atoms with E-state index in [1.165, 1.54) is 0 Å². The molecule has 124 valence electrons. The molecule has 3 heterocycles. The zero-order chi connectivity index (χ0) is 16.7. The van der Waals surface area contributed by atoms with E-state index >= 15 is 0 Å². The van der Waals surface area contributed by atoms with E-state index in [0.29, 0.717) is 5.82 Å². The third kappa shape index (κ3) is 2.67. The Labute approximate surface area is 156 Å². The lowest BCUT2D eigenvalue weighted by Crippen LogP contribution is -1.99. The van der Waals surface area contributed by atoms with Crippen LogP contribution in [-0.4, -0.2) is 21.3 Å². The van der Waals surface area contributed by atoms with E-state index in [1.54, 1.807) is 18.0 Å². The van der Waals surface area contributed by atoms with Gasteiger partial charge in [-0.25, -0.2) is 9.97 Å². The van der Waals surface area contributed by atoms with E-state index in [9.17, 15) is 0 Å². The fourth-order valence-corrected chi connectivity index (χ4v) is 4.37. The highest BCUT2D eigenvalue weighted by Gasteiger charge is 2.19. The number of nitrogens with zero attached hydrogens (tertiary/aromatic N) is 3. The standard InChI is InChI=1S/C16H15IN4O2S/c1-2-5-21-10-3-4-19-15(18)14(10)20-16(21)24-13-7-12-11(6-9(13)17)22-8-23-12/h3-4,6-7H,2,5,8H2,1H3,(H2,18,19). The van der Waals surface area contributed by atoms with Gasteiger partial charge in [-0.15, -0.1) is 0 Å². The summed E-state index contributed by atoms with van der Waals surface area (Å²) in [6.07, 6.45) is 2.74. The Morgan fingerprint density at radius 3 is 2.92 bits per heavy atom. The smallest absolute Gasteiger partial charge is 0.231 e. The maximum atomic E-state index is 6.00. The van der Waals surface area contributed by atoms with Gasteiger partial charge in [0.15, 0.2) is 22.5 Å². The molecule has 6 nitrogen and oxygen atoms in total. The molecule has 0 fully saturated rings. The summed E-state index contributed by atoms with van der Waals surface area (Å²) in [7, 11) is 0. The monoisotopic (exact) mass is 454 g/mol. The molecule has 0 bridgehead atoms. The number of aryl methyl sites for hydroxylation is 1. The van der Waals surface area contributed by atoms with Gasteiger partial charge in [0, 0.05) is 21.2 Å². The summed E-state index contributed by atoms with van der Waals surface area (Å²) in [5, 5.41) is 0.906. The minimum Gasteiger partial charge on any atom is -0.454 e. The maximum Gasteiger partial charge on any atom is 0.231 e. The number of benzene rings is 1. The van der Waals surface area contributed by atoms with Crippen molar-refractivity contribution in [2.75, 3.05) is 12.5 Å². The summed E-state index contributed by atoms with van der Waals surface area (Å²) in [4.78, 5) is 9.95. The third-order valence-corrected chi connectivity index (χ3v) is 6.05. The highest BCUT2D eigenvalue weighted by atomic mass is 127. The van der Waals surface area contributed by atoms with Gasteiger partial charge in [0.05, 0.1) is 5.52 Å². The van der Waals surface area contributed by atoms with E-state index in [0.717, 1.165) is 49.1 Å². The zero-order valence-electron chi connectivity index (χ0n) is 13.0. The fourth-order valence-electron chi connectivity index (χ4n) is 2.64. The molecule has 1 aliphatic heterocycles. The van der Waals surface area contributed by atoms with E-state index in [1.807, 2.05) is 18.2 Å². The van der Waals surface area contributed by atoms with Crippen LogP contribution in [0, 0.1) is 3.57 Å². The Bertz CT molecular complexity index is 928. The van der Waals surface area contributed by atoms with E-state index in [4.69, 9.17) is 20.2 Å². The first kappa shape index (κ1) is 15.8. The van der Waals surface area contributed by atoms with E-state index in [2.05, 4.69) is 39.1 Å². The predicted molar refractivity (Wildman–Crippen MR) is 102 cm³/mol. The number of halogens is 1. The maximum absolute atomic E-state index is 6.00. The predicted octanol–water partition coefficient (Wildman–Crippen LogP) is 3.91. The molecule has 8 heteroatoms. The first-order valence-corrected chi connectivity index (χ1v) is 9.44. The van der Waals surface area contributed by atoms with Crippen LogP contribution in [0.5, 0.6) is 11.5 Å². The quantitative estimate of drug-likeness (QED) is 0.603. The van der Waals surface area contributed by atoms with Gasteiger partial charge in [0.2, 0.25) is 6.79 Å². The van der Waals surface area contributed by atoms with Crippen molar-refractivity contribution < 1.29 is 9.47 Å². The third-order valence-electron chi connectivity index (χ3n) is 3.74. The lowest BCUT2D eigenvalue weighted by molar-refractivity contribution is 0.174. The van der Waals surface area contributed by atoms with Crippen LogP contribution in [0.25, 0.3) is 11.0 Å². The number of anilines is 1. The molecule has 4 rings (SSSR count). The number of fused-ring (bicyclic) bond motifs is 2. The number of nitrogen functional groups attached to an aromatic ring is 1. The van der Waals surface area contributed by atoms with Crippen LogP contribution in [0.4, 0.5) is 5.82 Å². The first-order valence-electron chi connectivity index (χ1n) is 7.55. The van der Waals surface area contributed by atoms with Crippen LogP contribution in [0.15, 0.2) is 34.4 Å². The van der Waals surface area contributed by atoms with Gasteiger partial charge in [-0.2, -0.15) is 0 Å². The summed E-state index contributed by atoms with van der Waals surface area (Å²) in [6.45, 7) is 3.30. The van der Waals surface area contributed by atoms with Crippen molar-refractivity contribution in [3.63, 3.8) is 0 Å². The minimum atomic E-state index is 0.274. The van der Waals surface area contributed by atoms with Crippen molar-refractivity contribution in [1.29, 1.82) is 0 Å². The Morgan fingerprint density at radius 2 is 2.12 bits per heavy atom. The zero-order valence-corrected chi connectivity index (χ0v) is 15.9. The van der Waals surface area contributed by atoms with E-state index < -0.39 is 0 Å². The van der Waals surface area contributed by atoms with Crippen molar-refractivity contribution in [3.8, 4) is 11.5 Å². The average Bonchev–Trinajstić information content (AvgIpc) is 3.14. The summed E-state index contributed by atoms with van der Waals surface area (Å²) >= 11 is 3.92. The minimum absolute atomic E-state index is 0.274.